The van der Waals surface area contributed by atoms with Crippen molar-refractivity contribution in [2.45, 2.75) is 6.42 Å². The summed E-state index contributed by atoms with van der Waals surface area (Å²) in [6, 6.07) is 3.61. The Morgan fingerprint density at radius 2 is 2.10 bits per heavy atom. The number of aliphatic hydroxyl groups is 1. The third-order valence-corrected chi connectivity index (χ3v) is 2.59. The normalized spacial score (nSPS) is 9.52. The largest absolute Gasteiger partial charge is 0.395 e. The maximum absolute atomic E-state index is 13.2. The van der Waals surface area contributed by atoms with Crippen molar-refractivity contribution in [2.24, 2.45) is 0 Å². The van der Waals surface area contributed by atoms with Crippen LogP contribution in [0.1, 0.15) is 22.3 Å². The maximum Gasteiger partial charge on any atom is 0.252 e. The van der Waals surface area contributed by atoms with Gasteiger partial charge in [0.1, 0.15) is 5.82 Å². The summed E-state index contributed by atoms with van der Waals surface area (Å²) in [6.45, 7) is -0.256. The lowest BCUT2D eigenvalue weighted by Crippen LogP contribution is -2.36. The molecule has 0 aliphatic rings. The van der Waals surface area contributed by atoms with Crippen LogP contribution < -0.4 is 5.32 Å². The summed E-state index contributed by atoms with van der Waals surface area (Å²) in [4.78, 5) is 24.8. The lowest BCUT2D eigenvalue weighted by atomic mass is 10.1. The molecule has 1 aromatic carbocycles. The molecule has 5 nitrogen and oxygen atoms in total. The van der Waals surface area contributed by atoms with Crippen molar-refractivity contribution >= 4 is 11.8 Å². The van der Waals surface area contributed by atoms with E-state index in [1.165, 1.54) is 11.0 Å². The number of hydrogen-bond acceptors (Lipinski definition) is 3. The summed E-state index contributed by atoms with van der Waals surface area (Å²) in [5.74, 6) is 4.01. The lowest BCUT2D eigenvalue weighted by Gasteiger charge is -2.11. The van der Waals surface area contributed by atoms with Crippen molar-refractivity contribution in [1.29, 1.82) is 0 Å². The second-order valence-corrected chi connectivity index (χ2v) is 4.44. The number of amides is 2. The van der Waals surface area contributed by atoms with Crippen LogP contribution in [0.15, 0.2) is 18.2 Å². The molecule has 1 aromatic rings. The zero-order valence-electron chi connectivity index (χ0n) is 11.9. The fraction of sp³-hybridized carbons (Fsp3) is 0.333. The molecule has 0 fully saturated rings. The third-order valence-electron chi connectivity index (χ3n) is 2.59. The van der Waals surface area contributed by atoms with Crippen LogP contribution in [0.4, 0.5) is 4.39 Å². The van der Waals surface area contributed by atoms with E-state index in [1.54, 1.807) is 14.1 Å². The van der Waals surface area contributed by atoms with Gasteiger partial charge in [-0.3, -0.25) is 9.59 Å². The number of likely N-dealkylation sites (N-methyl/N-ethyl adjacent to an activating group) is 1. The van der Waals surface area contributed by atoms with Gasteiger partial charge in [0.15, 0.2) is 0 Å². The molecule has 2 N–H and O–H groups in total. The monoisotopic (exact) mass is 292 g/mol. The predicted octanol–water partition coefficient (Wildman–Crippen LogP) is 0.378. The SMILES string of the molecule is CN(C)C(=O)CNC(=O)c1ccc(F)cc1C#CCCO. The van der Waals surface area contributed by atoms with Crippen molar-refractivity contribution in [2.75, 3.05) is 27.2 Å². The second-order valence-electron chi connectivity index (χ2n) is 4.44. The highest BCUT2D eigenvalue weighted by molar-refractivity contribution is 5.98. The highest BCUT2D eigenvalue weighted by Gasteiger charge is 2.13. The minimum absolute atomic E-state index is 0.110. The number of carbonyl (C=O) groups is 2. The van der Waals surface area contributed by atoms with Gasteiger partial charge < -0.3 is 15.3 Å². The zero-order valence-corrected chi connectivity index (χ0v) is 11.9. The molecular weight excluding hydrogens is 275 g/mol. The molecule has 0 aliphatic carbocycles. The molecule has 0 radical (unpaired) electrons. The van der Waals surface area contributed by atoms with E-state index in [-0.39, 0.29) is 36.6 Å². The van der Waals surface area contributed by atoms with E-state index in [0.717, 1.165) is 12.1 Å². The van der Waals surface area contributed by atoms with Gasteiger partial charge in [0.25, 0.3) is 5.91 Å². The van der Waals surface area contributed by atoms with Gasteiger partial charge in [-0.15, -0.1) is 0 Å². The molecular formula is C15H17FN2O3. The van der Waals surface area contributed by atoms with E-state index in [9.17, 15) is 14.0 Å². The molecule has 0 atom stereocenters. The molecule has 0 aromatic heterocycles. The Morgan fingerprint density at radius 1 is 1.38 bits per heavy atom. The molecule has 0 bridgehead atoms. The van der Waals surface area contributed by atoms with Gasteiger partial charge in [-0.25, -0.2) is 4.39 Å². The first-order valence-corrected chi connectivity index (χ1v) is 6.33. The van der Waals surface area contributed by atoms with E-state index in [2.05, 4.69) is 17.2 Å². The number of halogens is 1. The summed E-state index contributed by atoms with van der Waals surface area (Å²) in [6.07, 6.45) is 0.233. The zero-order chi connectivity index (χ0) is 15.8. The van der Waals surface area contributed by atoms with Crippen molar-refractivity contribution in [3.8, 4) is 11.8 Å². The number of nitrogens with one attached hydrogen (secondary N) is 1. The first-order valence-electron chi connectivity index (χ1n) is 6.33. The number of aliphatic hydroxyl groups excluding tert-OH is 1. The van der Waals surface area contributed by atoms with Gasteiger partial charge in [-0.05, 0) is 18.2 Å². The average Bonchev–Trinajstić information content (AvgIpc) is 2.44. The van der Waals surface area contributed by atoms with Crippen LogP contribution in [-0.4, -0.2) is 49.1 Å². The van der Waals surface area contributed by atoms with Crippen LogP contribution in [0, 0.1) is 17.7 Å². The Morgan fingerprint density at radius 3 is 2.71 bits per heavy atom. The van der Waals surface area contributed by atoms with Crippen LogP contribution >= 0.6 is 0 Å². The van der Waals surface area contributed by atoms with Crippen LogP contribution in [0.5, 0.6) is 0 Å². The first kappa shape index (κ1) is 16.7. The van der Waals surface area contributed by atoms with Gasteiger partial charge in [-0.1, -0.05) is 11.8 Å². The Labute approximate surface area is 122 Å². The Hall–Kier alpha value is -2.39. The molecule has 0 aliphatic heterocycles. The first-order chi connectivity index (χ1) is 9.95. The molecule has 21 heavy (non-hydrogen) atoms. The minimum atomic E-state index is -0.510. The van der Waals surface area contributed by atoms with Crippen LogP contribution in [0.3, 0.4) is 0 Å². The van der Waals surface area contributed by atoms with Gasteiger partial charge in [0, 0.05) is 26.1 Å². The van der Waals surface area contributed by atoms with Crippen molar-refractivity contribution in [3.05, 3.63) is 35.1 Å². The Bertz CT molecular complexity index is 588. The molecule has 6 heteroatoms. The lowest BCUT2D eigenvalue weighted by molar-refractivity contribution is -0.127. The van der Waals surface area contributed by atoms with E-state index in [0.29, 0.717) is 0 Å². The number of rotatable bonds is 4. The number of hydrogen-bond donors (Lipinski definition) is 2. The molecule has 0 saturated carbocycles. The van der Waals surface area contributed by atoms with Crippen LogP contribution in [0.25, 0.3) is 0 Å². The summed E-state index contributed by atoms with van der Waals surface area (Å²) >= 11 is 0. The fourth-order valence-electron chi connectivity index (χ4n) is 1.44. The summed E-state index contributed by atoms with van der Waals surface area (Å²) in [7, 11) is 3.16. The minimum Gasteiger partial charge on any atom is -0.395 e. The smallest absolute Gasteiger partial charge is 0.252 e. The van der Waals surface area contributed by atoms with Gasteiger partial charge >= 0.3 is 0 Å². The average molecular weight is 292 g/mol. The summed E-state index contributed by atoms with van der Waals surface area (Å²) in [5.41, 5.74) is 0.409. The van der Waals surface area contributed by atoms with Gasteiger partial charge in [0.2, 0.25) is 5.91 Å². The van der Waals surface area contributed by atoms with Crippen molar-refractivity contribution in [1.82, 2.24) is 10.2 Å². The topological polar surface area (TPSA) is 69.6 Å². The summed E-state index contributed by atoms with van der Waals surface area (Å²) in [5, 5.41) is 11.1. The molecule has 0 spiro atoms. The molecule has 0 heterocycles. The summed E-state index contributed by atoms with van der Waals surface area (Å²) < 4.78 is 13.2. The second kappa shape index (κ2) is 8.02. The predicted molar refractivity (Wildman–Crippen MR) is 76.0 cm³/mol. The van der Waals surface area contributed by atoms with Crippen molar-refractivity contribution < 1.29 is 19.1 Å². The van der Waals surface area contributed by atoms with Gasteiger partial charge in [-0.2, -0.15) is 0 Å². The number of carbonyl (C=O) groups excluding carboxylic acids is 2. The van der Waals surface area contributed by atoms with Crippen LogP contribution in [0.2, 0.25) is 0 Å². The molecule has 1 rings (SSSR count). The maximum atomic E-state index is 13.2. The highest BCUT2D eigenvalue weighted by Crippen LogP contribution is 2.10. The molecule has 0 saturated heterocycles. The number of nitrogens with zero attached hydrogens (tertiary/aromatic N) is 1. The van der Waals surface area contributed by atoms with E-state index in [4.69, 9.17) is 5.11 Å². The molecule has 2 amide bonds. The standard InChI is InChI=1S/C15H17FN2O3/c1-18(2)14(20)10-17-15(21)13-7-6-12(16)9-11(13)5-3-4-8-19/h6-7,9,19H,4,8,10H2,1-2H3,(H,17,21). The van der Waals surface area contributed by atoms with Crippen molar-refractivity contribution in [3.63, 3.8) is 0 Å². The Balaban J connectivity index is 2.89. The van der Waals surface area contributed by atoms with Gasteiger partial charge in [0.05, 0.1) is 18.7 Å². The quantitative estimate of drug-likeness (QED) is 0.788. The van der Waals surface area contributed by atoms with E-state index in [1.807, 2.05) is 0 Å². The van der Waals surface area contributed by atoms with E-state index < -0.39 is 11.7 Å². The number of benzene rings is 1. The highest BCUT2D eigenvalue weighted by atomic mass is 19.1. The molecule has 112 valence electrons. The Kier molecular flexibility index (Phi) is 6.37. The van der Waals surface area contributed by atoms with E-state index >= 15 is 0 Å². The fourth-order valence-corrected chi connectivity index (χ4v) is 1.44. The van der Waals surface area contributed by atoms with Crippen LogP contribution in [-0.2, 0) is 4.79 Å². The third kappa shape index (κ3) is 5.24. The molecule has 0 unspecified atom stereocenters.